The van der Waals surface area contributed by atoms with Gasteiger partial charge in [0, 0.05) is 12.8 Å². The van der Waals surface area contributed by atoms with Crippen LogP contribution in [-0.4, -0.2) is 5.78 Å². The van der Waals surface area contributed by atoms with Crippen molar-refractivity contribution in [1.82, 2.24) is 0 Å². The molecule has 0 amide bonds. The lowest BCUT2D eigenvalue weighted by molar-refractivity contribution is -0.120. The fourth-order valence-corrected chi connectivity index (χ4v) is 2.91. The topological polar surface area (TPSA) is 40.9 Å². The number of rotatable bonds is 1. The van der Waals surface area contributed by atoms with Crippen molar-refractivity contribution in [2.75, 3.05) is 0 Å². The van der Waals surface area contributed by atoms with Gasteiger partial charge in [-0.05, 0) is 35.2 Å². The highest BCUT2D eigenvalue weighted by Crippen LogP contribution is 2.38. The third kappa shape index (κ3) is 2.02. The van der Waals surface area contributed by atoms with E-state index in [0.29, 0.717) is 25.7 Å². The second kappa shape index (κ2) is 4.51. The van der Waals surface area contributed by atoms with Crippen molar-refractivity contribution < 1.29 is 4.79 Å². The Morgan fingerprint density at radius 2 is 1.68 bits per heavy atom. The zero-order valence-electron chi connectivity index (χ0n) is 10.7. The third-order valence-electron chi connectivity index (χ3n) is 4.18. The van der Waals surface area contributed by atoms with Crippen LogP contribution in [0.15, 0.2) is 42.5 Å². The van der Waals surface area contributed by atoms with Crippen molar-refractivity contribution in [3.63, 3.8) is 0 Å². The minimum atomic E-state index is -0.474. The molecule has 1 aliphatic carbocycles. The van der Waals surface area contributed by atoms with Crippen LogP contribution in [0.1, 0.15) is 31.2 Å². The van der Waals surface area contributed by atoms with Gasteiger partial charge in [-0.1, -0.05) is 36.4 Å². The maximum Gasteiger partial charge on any atom is 0.133 e. The molecule has 0 aromatic heterocycles. The molecule has 0 N–H and O–H groups in total. The van der Waals surface area contributed by atoms with Gasteiger partial charge in [-0.25, -0.2) is 0 Å². The van der Waals surface area contributed by atoms with Crippen molar-refractivity contribution in [2.45, 2.75) is 31.1 Å². The molecule has 0 saturated heterocycles. The monoisotopic (exact) mass is 249 g/mol. The minimum absolute atomic E-state index is 0.284. The number of hydrogen-bond donors (Lipinski definition) is 0. The van der Waals surface area contributed by atoms with Gasteiger partial charge in [0.1, 0.15) is 5.78 Å². The summed E-state index contributed by atoms with van der Waals surface area (Å²) >= 11 is 0. The summed E-state index contributed by atoms with van der Waals surface area (Å²) in [5.74, 6) is 0.284. The van der Waals surface area contributed by atoms with E-state index < -0.39 is 5.41 Å². The van der Waals surface area contributed by atoms with Gasteiger partial charge in [-0.2, -0.15) is 5.26 Å². The van der Waals surface area contributed by atoms with Crippen LogP contribution in [0.2, 0.25) is 0 Å². The summed E-state index contributed by atoms with van der Waals surface area (Å²) < 4.78 is 0. The lowest BCUT2D eigenvalue weighted by Gasteiger charge is -2.30. The summed E-state index contributed by atoms with van der Waals surface area (Å²) in [5.41, 5.74) is 0.582. The normalized spacial score (nSPS) is 18.2. The summed E-state index contributed by atoms with van der Waals surface area (Å²) in [5, 5.41) is 11.9. The predicted octanol–water partition coefficient (Wildman–Crippen LogP) is 3.74. The Balaban J connectivity index is 2.07. The molecule has 1 aliphatic rings. The summed E-state index contributed by atoms with van der Waals surface area (Å²) in [4.78, 5) is 11.4. The lowest BCUT2D eigenvalue weighted by Crippen LogP contribution is -2.30. The number of carbonyl (C=O) groups is 1. The van der Waals surface area contributed by atoms with Crippen molar-refractivity contribution in [2.24, 2.45) is 0 Å². The Labute approximate surface area is 112 Å². The highest BCUT2D eigenvalue weighted by Gasteiger charge is 2.36. The first-order valence-corrected chi connectivity index (χ1v) is 6.66. The van der Waals surface area contributed by atoms with Crippen LogP contribution in [0, 0.1) is 11.3 Å². The summed E-state index contributed by atoms with van der Waals surface area (Å²) in [6.45, 7) is 0. The number of ketones is 1. The third-order valence-corrected chi connectivity index (χ3v) is 4.18. The molecule has 1 fully saturated rings. The standard InChI is InChI=1S/C17H15NO/c18-12-17(9-7-16(19)8-10-17)15-6-5-13-3-1-2-4-14(13)11-15/h1-6,11H,7-10H2. The molecule has 19 heavy (non-hydrogen) atoms. The van der Waals surface area contributed by atoms with Gasteiger partial charge in [0.2, 0.25) is 0 Å². The van der Waals surface area contributed by atoms with Gasteiger partial charge in [-0.3, -0.25) is 4.79 Å². The van der Waals surface area contributed by atoms with Crippen molar-refractivity contribution in [1.29, 1.82) is 5.26 Å². The summed E-state index contributed by atoms with van der Waals surface area (Å²) in [7, 11) is 0. The molecular formula is C17H15NO. The molecule has 3 rings (SSSR count). The first-order chi connectivity index (χ1) is 9.23. The molecule has 0 unspecified atom stereocenters. The van der Waals surface area contributed by atoms with Crippen LogP contribution >= 0.6 is 0 Å². The molecule has 1 saturated carbocycles. The van der Waals surface area contributed by atoms with Crippen LogP contribution in [-0.2, 0) is 10.2 Å². The molecule has 94 valence electrons. The smallest absolute Gasteiger partial charge is 0.133 e. The number of Topliss-reactive ketones (excluding diaryl/α,β-unsaturated/α-hetero) is 1. The maximum absolute atomic E-state index is 11.4. The van der Waals surface area contributed by atoms with E-state index in [0.717, 1.165) is 10.9 Å². The Morgan fingerprint density at radius 1 is 1.00 bits per heavy atom. The number of nitrogens with zero attached hydrogens (tertiary/aromatic N) is 1. The molecule has 2 nitrogen and oxygen atoms in total. The van der Waals surface area contributed by atoms with Gasteiger partial charge < -0.3 is 0 Å². The van der Waals surface area contributed by atoms with Crippen LogP contribution in [0.4, 0.5) is 0 Å². The van der Waals surface area contributed by atoms with Crippen molar-refractivity contribution in [3.05, 3.63) is 48.0 Å². The quantitative estimate of drug-likeness (QED) is 0.772. The fourth-order valence-electron chi connectivity index (χ4n) is 2.91. The lowest BCUT2D eigenvalue weighted by atomic mass is 9.70. The van der Waals surface area contributed by atoms with Gasteiger partial charge >= 0.3 is 0 Å². The number of benzene rings is 2. The molecule has 2 aromatic rings. The largest absolute Gasteiger partial charge is 0.300 e. The van der Waals surface area contributed by atoms with Crippen molar-refractivity contribution >= 4 is 16.6 Å². The van der Waals surface area contributed by atoms with Gasteiger partial charge in [-0.15, -0.1) is 0 Å². The molecule has 2 heteroatoms. The maximum atomic E-state index is 11.4. The summed E-state index contributed by atoms with van der Waals surface area (Å²) in [6.07, 6.45) is 2.36. The van der Waals surface area contributed by atoms with E-state index in [2.05, 4.69) is 30.3 Å². The first kappa shape index (κ1) is 11.9. The molecular weight excluding hydrogens is 234 g/mol. The average Bonchev–Trinajstić information content (AvgIpc) is 2.48. The Bertz CT molecular complexity index is 671. The fraction of sp³-hybridized carbons (Fsp3) is 0.294. The zero-order valence-corrected chi connectivity index (χ0v) is 10.7. The molecule has 2 aromatic carbocycles. The molecule has 0 aliphatic heterocycles. The minimum Gasteiger partial charge on any atom is -0.300 e. The molecule has 0 radical (unpaired) electrons. The van der Waals surface area contributed by atoms with Crippen LogP contribution in [0.5, 0.6) is 0 Å². The molecule has 0 bridgehead atoms. The zero-order chi connectivity index (χ0) is 13.3. The van der Waals surface area contributed by atoms with Gasteiger partial charge in [0.15, 0.2) is 0 Å². The second-order valence-corrected chi connectivity index (χ2v) is 5.29. The van der Waals surface area contributed by atoms with Crippen LogP contribution < -0.4 is 0 Å². The molecule has 0 spiro atoms. The van der Waals surface area contributed by atoms with E-state index in [1.807, 2.05) is 18.2 Å². The van der Waals surface area contributed by atoms with E-state index in [1.54, 1.807) is 0 Å². The van der Waals surface area contributed by atoms with Crippen LogP contribution in [0.25, 0.3) is 10.8 Å². The number of fused-ring (bicyclic) bond motifs is 1. The second-order valence-electron chi connectivity index (χ2n) is 5.29. The van der Waals surface area contributed by atoms with E-state index >= 15 is 0 Å². The number of carbonyl (C=O) groups excluding carboxylic acids is 1. The predicted molar refractivity (Wildman–Crippen MR) is 74.7 cm³/mol. The molecule has 0 heterocycles. The Morgan fingerprint density at radius 3 is 2.37 bits per heavy atom. The Hall–Kier alpha value is -2.14. The molecule has 0 atom stereocenters. The van der Waals surface area contributed by atoms with Gasteiger partial charge in [0.25, 0.3) is 0 Å². The highest BCUT2D eigenvalue weighted by atomic mass is 16.1. The van der Waals surface area contributed by atoms with Crippen LogP contribution in [0.3, 0.4) is 0 Å². The van der Waals surface area contributed by atoms with E-state index in [4.69, 9.17) is 0 Å². The Kier molecular flexibility index (Phi) is 2.83. The first-order valence-electron chi connectivity index (χ1n) is 6.66. The average molecular weight is 249 g/mol. The number of nitriles is 1. The van der Waals surface area contributed by atoms with E-state index in [-0.39, 0.29) is 5.78 Å². The summed E-state index contributed by atoms with van der Waals surface area (Å²) in [6, 6.07) is 16.8. The number of hydrogen-bond acceptors (Lipinski definition) is 2. The van der Waals surface area contributed by atoms with Gasteiger partial charge in [0.05, 0.1) is 11.5 Å². The SMILES string of the molecule is N#CC1(c2ccc3ccccc3c2)CCC(=O)CC1. The van der Waals surface area contributed by atoms with E-state index in [1.165, 1.54) is 5.39 Å². The van der Waals surface area contributed by atoms with Crippen molar-refractivity contribution in [3.8, 4) is 6.07 Å². The van der Waals surface area contributed by atoms with E-state index in [9.17, 15) is 10.1 Å². The highest BCUT2D eigenvalue weighted by molar-refractivity contribution is 5.84.